The highest BCUT2D eigenvalue weighted by Gasteiger charge is 2.15. The predicted molar refractivity (Wildman–Crippen MR) is 125 cm³/mol. The van der Waals surface area contributed by atoms with Crippen LogP contribution in [0.5, 0.6) is 5.75 Å². The van der Waals surface area contributed by atoms with Crippen LogP contribution in [0.4, 0.5) is 5.69 Å². The number of nitrogens with one attached hydrogen (secondary N) is 2. The summed E-state index contributed by atoms with van der Waals surface area (Å²) in [5, 5.41) is 12.0. The number of nitrogens with zero attached hydrogens (tertiary/aromatic N) is 2. The molecule has 0 radical (unpaired) electrons. The van der Waals surface area contributed by atoms with Crippen LogP contribution in [-0.4, -0.2) is 27.8 Å². The summed E-state index contributed by atoms with van der Waals surface area (Å²) in [5.74, 6) is 0.535. The molecule has 0 aliphatic carbocycles. The molecule has 0 unspecified atom stereocenters. The van der Waals surface area contributed by atoms with E-state index in [1.54, 1.807) is 13.2 Å². The number of ether oxygens (including phenoxy) is 1. The van der Waals surface area contributed by atoms with Crippen LogP contribution in [0.3, 0.4) is 0 Å². The average molecular weight is 424 g/mol. The molecule has 5 aromatic rings. The number of fused-ring (bicyclic) bond motifs is 2. The molecule has 3 aromatic carbocycles. The van der Waals surface area contributed by atoms with Crippen molar-refractivity contribution in [2.75, 3.05) is 12.4 Å². The molecule has 1 amide bonds. The van der Waals surface area contributed by atoms with Gasteiger partial charge in [0.2, 0.25) is 0 Å². The van der Waals surface area contributed by atoms with E-state index >= 15 is 0 Å². The monoisotopic (exact) mass is 424 g/mol. The van der Waals surface area contributed by atoms with Gasteiger partial charge in [0, 0.05) is 35.1 Å². The van der Waals surface area contributed by atoms with Crippen molar-refractivity contribution in [2.24, 2.45) is 7.05 Å². The van der Waals surface area contributed by atoms with Gasteiger partial charge in [-0.15, -0.1) is 0 Å². The standard InChI is InChI=1S/C25H20N4O3/c1-29-21-14-18(32-2)12-9-16(21)13-22(29)25(31)26-17-10-7-15(8-11-17)23-19-5-3-4-6-20(19)24(30)28-27-23/h3-14H,1-2H3,(H,26,31)(H,28,30). The maximum atomic E-state index is 12.9. The SMILES string of the molecule is COc1ccc2cc(C(=O)Nc3ccc(-c4n[nH]c(=O)c5ccccc45)cc3)n(C)c2c1. The van der Waals surface area contributed by atoms with Crippen LogP contribution in [0.1, 0.15) is 10.5 Å². The second kappa shape index (κ2) is 7.70. The van der Waals surface area contributed by atoms with Crippen LogP contribution in [0.25, 0.3) is 32.9 Å². The Bertz CT molecular complexity index is 1530. The van der Waals surface area contributed by atoms with Gasteiger partial charge in [0.25, 0.3) is 11.5 Å². The number of hydrogen-bond acceptors (Lipinski definition) is 4. The Hall–Kier alpha value is -4.39. The molecule has 0 aliphatic heterocycles. The number of aryl methyl sites for hydroxylation is 1. The van der Waals surface area contributed by atoms with E-state index in [1.807, 2.05) is 78.3 Å². The van der Waals surface area contributed by atoms with E-state index in [4.69, 9.17) is 4.74 Å². The van der Waals surface area contributed by atoms with Gasteiger partial charge in [0.05, 0.1) is 23.7 Å². The first-order valence-corrected chi connectivity index (χ1v) is 10.1. The van der Waals surface area contributed by atoms with E-state index < -0.39 is 0 Å². The summed E-state index contributed by atoms with van der Waals surface area (Å²) in [7, 11) is 3.47. The minimum absolute atomic E-state index is 0.206. The number of H-pyrrole nitrogens is 1. The van der Waals surface area contributed by atoms with Gasteiger partial charge < -0.3 is 14.6 Å². The molecule has 0 fully saturated rings. The van der Waals surface area contributed by atoms with Crippen molar-refractivity contribution in [2.45, 2.75) is 0 Å². The quantitative estimate of drug-likeness (QED) is 0.449. The second-order valence-corrected chi connectivity index (χ2v) is 7.49. The first kappa shape index (κ1) is 19.6. The van der Waals surface area contributed by atoms with E-state index in [9.17, 15) is 9.59 Å². The molecule has 158 valence electrons. The normalized spacial score (nSPS) is 11.1. The van der Waals surface area contributed by atoms with Crippen LogP contribution in [0.15, 0.2) is 77.6 Å². The summed E-state index contributed by atoms with van der Waals surface area (Å²) in [6.45, 7) is 0. The second-order valence-electron chi connectivity index (χ2n) is 7.49. The molecule has 0 aliphatic rings. The molecule has 7 heteroatoms. The number of hydrogen-bond donors (Lipinski definition) is 2. The lowest BCUT2D eigenvalue weighted by Crippen LogP contribution is -2.15. The molecule has 2 aromatic heterocycles. The number of carbonyl (C=O) groups is 1. The third-order valence-corrected chi connectivity index (χ3v) is 5.60. The van der Waals surface area contributed by atoms with Crippen molar-refractivity contribution in [3.63, 3.8) is 0 Å². The van der Waals surface area contributed by atoms with Gasteiger partial charge in [-0.2, -0.15) is 5.10 Å². The molecule has 5 rings (SSSR count). The van der Waals surface area contributed by atoms with Crippen LogP contribution in [-0.2, 0) is 7.05 Å². The van der Waals surface area contributed by atoms with Gasteiger partial charge in [-0.05, 0) is 36.4 Å². The van der Waals surface area contributed by atoms with Crippen LogP contribution < -0.4 is 15.6 Å². The molecule has 0 saturated heterocycles. The fourth-order valence-electron chi connectivity index (χ4n) is 3.90. The van der Waals surface area contributed by atoms with Crippen molar-refractivity contribution >= 4 is 33.3 Å². The molecule has 2 heterocycles. The fourth-order valence-corrected chi connectivity index (χ4v) is 3.90. The summed E-state index contributed by atoms with van der Waals surface area (Å²) >= 11 is 0. The highest BCUT2D eigenvalue weighted by molar-refractivity contribution is 6.06. The Kier molecular flexibility index (Phi) is 4.71. The maximum absolute atomic E-state index is 12.9. The van der Waals surface area contributed by atoms with Gasteiger partial charge in [0.15, 0.2) is 0 Å². The number of amides is 1. The fraction of sp³-hybridized carbons (Fsp3) is 0.0800. The van der Waals surface area contributed by atoms with E-state index in [2.05, 4.69) is 15.5 Å². The van der Waals surface area contributed by atoms with Crippen molar-refractivity contribution in [3.05, 3.63) is 88.8 Å². The zero-order valence-corrected chi connectivity index (χ0v) is 17.5. The van der Waals surface area contributed by atoms with Crippen LogP contribution >= 0.6 is 0 Å². The Morgan fingerprint density at radius 1 is 1.00 bits per heavy atom. The first-order chi connectivity index (χ1) is 15.5. The molecule has 0 saturated carbocycles. The first-order valence-electron chi connectivity index (χ1n) is 10.1. The third-order valence-electron chi connectivity index (χ3n) is 5.60. The van der Waals surface area contributed by atoms with Crippen molar-refractivity contribution in [1.29, 1.82) is 0 Å². The maximum Gasteiger partial charge on any atom is 0.272 e. The van der Waals surface area contributed by atoms with E-state index in [-0.39, 0.29) is 11.5 Å². The Balaban J connectivity index is 1.43. The zero-order chi connectivity index (χ0) is 22.2. The van der Waals surface area contributed by atoms with Gasteiger partial charge in [-0.3, -0.25) is 9.59 Å². The Morgan fingerprint density at radius 2 is 1.75 bits per heavy atom. The number of carbonyl (C=O) groups excluding carboxylic acids is 1. The minimum atomic E-state index is -0.221. The number of benzene rings is 3. The predicted octanol–water partition coefficient (Wildman–Crippen LogP) is 4.34. The average Bonchev–Trinajstić information content (AvgIpc) is 3.16. The minimum Gasteiger partial charge on any atom is -0.497 e. The number of aromatic amines is 1. The lowest BCUT2D eigenvalue weighted by atomic mass is 10.0. The number of methoxy groups -OCH3 is 1. The number of rotatable bonds is 4. The molecule has 0 bridgehead atoms. The zero-order valence-electron chi connectivity index (χ0n) is 17.5. The lowest BCUT2D eigenvalue weighted by molar-refractivity contribution is 0.101. The lowest BCUT2D eigenvalue weighted by Gasteiger charge is -2.09. The van der Waals surface area contributed by atoms with E-state index in [0.717, 1.165) is 27.6 Å². The summed E-state index contributed by atoms with van der Waals surface area (Å²) in [6, 6.07) is 22.3. The molecule has 2 N–H and O–H groups in total. The molecule has 32 heavy (non-hydrogen) atoms. The van der Waals surface area contributed by atoms with Crippen molar-refractivity contribution in [1.82, 2.24) is 14.8 Å². The van der Waals surface area contributed by atoms with Crippen LogP contribution in [0.2, 0.25) is 0 Å². The summed E-state index contributed by atoms with van der Waals surface area (Å²) in [4.78, 5) is 24.9. The van der Waals surface area contributed by atoms with Crippen LogP contribution in [0, 0.1) is 0 Å². The summed E-state index contributed by atoms with van der Waals surface area (Å²) in [5.41, 5.74) is 3.43. The summed E-state index contributed by atoms with van der Waals surface area (Å²) in [6.07, 6.45) is 0. The topological polar surface area (TPSA) is 89.0 Å². The van der Waals surface area contributed by atoms with Gasteiger partial charge in [0.1, 0.15) is 11.4 Å². The van der Waals surface area contributed by atoms with Gasteiger partial charge in [-0.1, -0.05) is 30.3 Å². The largest absolute Gasteiger partial charge is 0.497 e. The molecule has 0 atom stereocenters. The van der Waals surface area contributed by atoms with Crippen molar-refractivity contribution < 1.29 is 9.53 Å². The number of aromatic nitrogens is 3. The Labute approximate surface area is 183 Å². The molecular formula is C25H20N4O3. The molecular weight excluding hydrogens is 404 g/mol. The molecule has 0 spiro atoms. The van der Waals surface area contributed by atoms with Gasteiger partial charge >= 0.3 is 0 Å². The van der Waals surface area contributed by atoms with Crippen molar-refractivity contribution in [3.8, 4) is 17.0 Å². The van der Waals surface area contributed by atoms with E-state index in [1.165, 1.54) is 0 Å². The van der Waals surface area contributed by atoms with Gasteiger partial charge in [-0.25, -0.2) is 5.10 Å². The Morgan fingerprint density at radius 3 is 2.50 bits per heavy atom. The number of anilines is 1. The molecule has 7 nitrogen and oxygen atoms in total. The smallest absolute Gasteiger partial charge is 0.272 e. The highest BCUT2D eigenvalue weighted by atomic mass is 16.5. The highest BCUT2D eigenvalue weighted by Crippen LogP contribution is 2.27. The van der Waals surface area contributed by atoms with E-state index in [0.29, 0.717) is 22.5 Å². The third kappa shape index (κ3) is 3.30. The summed E-state index contributed by atoms with van der Waals surface area (Å²) < 4.78 is 7.13.